The van der Waals surface area contributed by atoms with Crippen LogP contribution in [0.15, 0.2) is 30.3 Å². The Bertz CT molecular complexity index is 1020. The molecule has 0 amide bonds. The second kappa shape index (κ2) is 10.3. The van der Waals surface area contributed by atoms with Crippen LogP contribution in [-0.4, -0.2) is 54.1 Å². The summed E-state index contributed by atoms with van der Waals surface area (Å²) in [5, 5.41) is 20.0. The van der Waals surface area contributed by atoms with Gasteiger partial charge in [0.2, 0.25) is 16.0 Å². The molecule has 0 fully saturated rings. The number of sulfonamides is 1. The van der Waals surface area contributed by atoms with Crippen molar-refractivity contribution in [1.82, 2.24) is 9.97 Å². The van der Waals surface area contributed by atoms with Gasteiger partial charge in [-0.05, 0) is 36.6 Å². The Morgan fingerprint density at radius 1 is 1.16 bits per heavy atom. The van der Waals surface area contributed by atoms with Crippen LogP contribution in [0.3, 0.4) is 0 Å². The minimum absolute atomic E-state index is 0.00429. The molecule has 2 N–H and O–H groups in total. The lowest BCUT2D eigenvalue weighted by Gasteiger charge is -2.20. The van der Waals surface area contributed by atoms with E-state index in [4.69, 9.17) is 0 Å². The summed E-state index contributed by atoms with van der Waals surface area (Å²) < 4.78 is 38.6. The Labute approximate surface area is 183 Å². The topological polar surface area (TPSA) is 104 Å². The summed E-state index contributed by atoms with van der Waals surface area (Å²) in [6.45, 7) is 5.65. The maximum absolute atomic E-state index is 13.5. The smallest absolute Gasteiger partial charge is 0.239 e. The number of nitrogens with zero attached hydrogens (tertiary/aromatic N) is 3. The van der Waals surface area contributed by atoms with E-state index in [-0.39, 0.29) is 18.3 Å². The van der Waals surface area contributed by atoms with Crippen LogP contribution in [-0.2, 0) is 10.0 Å². The first-order valence-electron chi connectivity index (χ1n) is 10.1. The quantitative estimate of drug-likeness (QED) is 0.606. The highest BCUT2D eigenvalue weighted by atomic mass is 32.2. The van der Waals surface area contributed by atoms with Crippen LogP contribution in [0.4, 0.5) is 10.3 Å². The number of hydrogen-bond acceptors (Lipinski definition) is 6. The average Bonchev–Trinajstić information content (AvgIpc) is 2.70. The third-order valence-corrected chi connectivity index (χ3v) is 6.04. The summed E-state index contributed by atoms with van der Waals surface area (Å²) in [6.07, 6.45) is 3.50. The van der Waals surface area contributed by atoms with Gasteiger partial charge in [0.15, 0.2) is 0 Å². The van der Waals surface area contributed by atoms with Gasteiger partial charge < -0.3 is 10.2 Å². The molecule has 0 saturated heterocycles. The SMILES string of the molecule is CC[C@@H](O)C[C@H](O)/C=C/c1c(-c2ccc(F)cc2)nc(N(C)S(C)(=O)=O)nc1C(C)C. The Morgan fingerprint density at radius 2 is 1.77 bits per heavy atom. The first-order valence-corrected chi connectivity index (χ1v) is 11.9. The van der Waals surface area contributed by atoms with Crippen molar-refractivity contribution >= 4 is 22.0 Å². The van der Waals surface area contributed by atoms with E-state index in [2.05, 4.69) is 9.97 Å². The molecule has 0 aliphatic rings. The fraction of sp³-hybridized carbons (Fsp3) is 0.455. The van der Waals surface area contributed by atoms with E-state index < -0.39 is 28.0 Å². The molecule has 31 heavy (non-hydrogen) atoms. The lowest BCUT2D eigenvalue weighted by molar-refractivity contribution is 0.102. The van der Waals surface area contributed by atoms with Crippen molar-refractivity contribution in [3.05, 3.63) is 47.4 Å². The van der Waals surface area contributed by atoms with E-state index in [1.54, 1.807) is 24.3 Å². The third kappa shape index (κ3) is 6.56. The number of aromatic nitrogens is 2. The maximum Gasteiger partial charge on any atom is 0.239 e. The highest BCUT2D eigenvalue weighted by Gasteiger charge is 2.22. The molecular formula is C22H30FN3O4S. The molecule has 0 radical (unpaired) electrons. The van der Waals surface area contributed by atoms with E-state index >= 15 is 0 Å². The number of hydrogen-bond donors (Lipinski definition) is 2. The van der Waals surface area contributed by atoms with Crippen molar-refractivity contribution in [3.8, 4) is 11.3 Å². The van der Waals surface area contributed by atoms with Crippen molar-refractivity contribution < 1.29 is 23.0 Å². The van der Waals surface area contributed by atoms with Gasteiger partial charge in [-0.3, -0.25) is 0 Å². The standard InChI is InChI=1S/C22H30FN3O4S/c1-6-17(27)13-18(28)11-12-19-20(14(2)3)24-22(26(4)31(5,29)30)25-21(19)15-7-9-16(23)10-8-15/h7-12,14,17-18,27-28H,6,13H2,1-5H3/b12-11+/t17-,18-/m1/s1. The highest BCUT2D eigenvalue weighted by Crippen LogP contribution is 2.31. The molecule has 0 saturated carbocycles. The van der Waals surface area contributed by atoms with Gasteiger partial charge in [0.05, 0.1) is 29.9 Å². The zero-order valence-corrected chi connectivity index (χ0v) is 19.3. The Balaban J connectivity index is 2.69. The van der Waals surface area contributed by atoms with Gasteiger partial charge in [0.25, 0.3) is 0 Å². The van der Waals surface area contributed by atoms with Gasteiger partial charge in [-0.2, -0.15) is 0 Å². The van der Waals surface area contributed by atoms with E-state index in [0.717, 1.165) is 10.6 Å². The molecule has 1 aromatic carbocycles. The number of benzene rings is 1. The minimum Gasteiger partial charge on any atom is -0.393 e. The molecule has 0 unspecified atom stereocenters. The van der Waals surface area contributed by atoms with Gasteiger partial charge in [-0.15, -0.1) is 0 Å². The lowest BCUT2D eigenvalue weighted by Crippen LogP contribution is -2.27. The average molecular weight is 452 g/mol. The predicted octanol–water partition coefficient (Wildman–Crippen LogP) is 3.34. The molecule has 0 bridgehead atoms. The molecule has 7 nitrogen and oxygen atoms in total. The van der Waals surface area contributed by atoms with Crippen LogP contribution < -0.4 is 4.31 Å². The van der Waals surface area contributed by atoms with Crippen molar-refractivity contribution in [3.63, 3.8) is 0 Å². The molecule has 1 aromatic heterocycles. The first-order chi connectivity index (χ1) is 14.4. The molecule has 2 rings (SSSR count). The monoisotopic (exact) mass is 451 g/mol. The molecule has 0 aliphatic carbocycles. The Kier molecular flexibility index (Phi) is 8.27. The largest absolute Gasteiger partial charge is 0.393 e. The van der Waals surface area contributed by atoms with Crippen molar-refractivity contribution in [1.29, 1.82) is 0 Å². The molecule has 2 aromatic rings. The van der Waals surface area contributed by atoms with Crippen LogP contribution in [0.5, 0.6) is 0 Å². The van der Waals surface area contributed by atoms with Crippen LogP contribution in [0.1, 0.15) is 50.8 Å². The number of rotatable bonds is 9. The van der Waals surface area contributed by atoms with Gasteiger partial charge in [-0.25, -0.2) is 27.1 Å². The first kappa shape index (κ1) is 24.9. The number of halogens is 1. The Morgan fingerprint density at radius 3 is 2.29 bits per heavy atom. The van der Waals surface area contributed by atoms with Crippen LogP contribution in [0.2, 0.25) is 0 Å². The van der Waals surface area contributed by atoms with E-state index in [1.165, 1.54) is 19.2 Å². The molecule has 170 valence electrons. The highest BCUT2D eigenvalue weighted by molar-refractivity contribution is 7.92. The van der Waals surface area contributed by atoms with E-state index in [1.807, 2.05) is 20.8 Å². The summed E-state index contributed by atoms with van der Waals surface area (Å²) >= 11 is 0. The molecule has 1 heterocycles. The van der Waals surface area contributed by atoms with Gasteiger partial charge in [0.1, 0.15) is 5.82 Å². The predicted molar refractivity (Wildman–Crippen MR) is 121 cm³/mol. The third-order valence-electron chi connectivity index (χ3n) is 4.88. The number of aliphatic hydroxyl groups excluding tert-OH is 2. The lowest BCUT2D eigenvalue weighted by atomic mass is 9.97. The summed E-state index contributed by atoms with van der Waals surface area (Å²) in [7, 11) is -2.23. The number of anilines is 1. The molecule has 9 heteroatoms. The van der Waals surface area contributed by atoms with E-state index in [9.17, 15) is 23.0 Å². The summed E-state index contributed by atoms with van der Waals surface area (Å²) in [5.41, 5.74) is 2.18. The second-order valence-electron chi connectivity index (χ2n) is 7.79. The molecular weight excluding hydrogens is 421 g/mol. The fourth-order valence-electron chi connectivity index (χ4n) is 2.93. The van der Waals surface area contributed by atoms with Gasteiger partial charge in [-0.1, -0.05) is 32.9 Å². The van der Waals surface area contributed by atoms with Crippen molar-refractivity contribution in [2.24, 2.45) is 0 Å². The normalized spacial score (nSPS) is 14.2. The summed E-state index contributed by atoms with van der Waals surface area (Å²) in [4.78, 5) is 8.94. The van der Waals surface area contributed by atoms with Crippen LogP contribution in [0, 0.1) is 5.82 Å². The minimum atomic E-state index is -3.60. The molecule has 2 atom stereocenters. The maximum atomic E-state index is 13.5. The van der Waals surface area contributed by atoms with Gasteiger partial charge >= 0.3 is 0 Å². The van der Waals surface area contributed by atoms with Crippen molar-refractivity contribution in [2.75, 3.05) is 17.6 Å². The second-order valence-corrected chi connectivity index (χ2v) is 9.80. The molecule has 0 aliphatic heterocycles. The number of aliphatic hydroxyl groups is 2. The summed E-state index contributed by atoms with van der Waals surface area (Å²) in [6, 6.07) is 5.71. The zero-order chi connectivity index (χ0) is 23.3. The fourth-order valence-corrected chi connectivity index (χ4v) is 3.31. The summed E-state index contributed by atoms with van der Waals surface area (Å²) in [5.74, 6) is -0.493. The Hall–Kier alpha value is -2.36. The van der Waals surface area contributed by atoms with Crippen LogP contribution in [0.25, 0.3) is 17.3 Å². The zero-order valence-electron chi connectivity index (χ0n) is 18.4. The van der Waals surface area contributed by atoms with Gasteiger partial charge in [0, 0.05) is 24.6 Å². The van der Waals surface area contributed by atoms with E-state index in [0.29, 0.717) is 28.9 Å². The van der Waals surface area contributed by atoms with Crippen molar-refractivity contribution in [2.45, 2.75) is 51.7 Å². The van der Waals surface area contributed by atoms with Crippen LogP contribution >= 0.6 is 0 Å². The molecule has 0 spiro atoms.